The van der Waals surface area contributed by atoms with Gasteiger partial charge in [0.05, 0.1) is 6.54 Å². The number of aryl methyl sites for hydroxylation is 2. The molecule has 0 aliphatic carbocycles. The summed E-state index contributed by atoms with van der Waals surface area (Å²) in [5.41, 5.74) is 8.96. The van der Waals surface area contributed by atoms with Gasteiger partial charge in [-0.3, -0.25) is 9.69 Å². The highest BCUT2D eigenvalue weighted by molar-refractivity contribution is 5.93. The van der Waals surface area contributed by atoms with Crippen LogP contribution in [0.2, 0.25) is 0 Å². The number of carbonyl (C=O) groups excluding carboxylic acids is 1. The van der Waals surface area contributed by atoms with E-state index < -0.39 is 0 Å². The number of carbonyl (C=O) groups is 1. The van der Waals surface area contributed by atoms with Crippen LogP contribution in [0.25, 0.3) is 0 Å². The van der Waals surface area contributed by atoms with E-state index in [2.05, 4.69) is 23.2 Å². The molecule has 5 heteroatoms. The second-order valence-electron chi connectivity index (χ2n) is 5.85. The molecule has 0 aromatic heterocycles. The van der Waals surface area contributed by atoms with Crippen LogP contribution in [0.5, 0.6) is 0 Å². The first kappa shape index (κ1) is 18.0. The van der Waals surface area contributed by atoms with E-state index in [1.165, 1.54) is 12.0 Å². The Kier molecular flexibility index (Phi) is 7.15. The summed E-state index contributed by atoms with van der Waals surface area (Å²) >= 11 is 0. The van der Waals surface area contributed by atoms with E-state index in [1.807, 2.05) is 19.1 Å². The molecule has 3 N–H and O–H groups in total. The van der Waals surface area contributed by atoms with Crippen LogP contribution in [0, 0.1) is 19.8 Å². The van der Waals surface area contributed by atoms with Gasteiger partial charge in [-0.1, -0.05) is 17.7 Å². The molecule has 0 radical (unpaired) electrons. The third kappa shape index (κ3) is 5.30. The Hall–Kier alpha value is -1.10. The van der Waals surface area contributed by atoms with Gasteiger partial charge in [0.1, 0.15) is 0 Å². The molecule has 1 heterocycles. The van der Waals surface area contributed by atoms with Crippen molar-refractivity contribution < 1.29 is 4.79 Å². The van der Waals surface area contributed by atoms with Crippen LogP contribution in [0.15, 0.2) is 18.2 Å². The fourth-order valence-corrected chi connectivity index (χ4v) is 2.83. The topological polar surface area (TPSA) is 58.4 Å². The minimum absolute atomic E-state index is 0. The van der Waals surface area contributed by atoms with Crippen molar-refractivity contribution in [3.8, 4) is 0 Å². The summed E-state index contributed by atoms with van der Waals surface area (Å²) in [6.45, 7) is 7.19. The third-order valence-corrected chi connectivity index (χ3v) is 3.96. The smallest absolute Gasteiger partial charge is 0.238 e. The number of likely N-dealkylation sites (tertiary alicyclic amines) is 1. The quantitative estimate of drug-likeness (QED) is 0.897. The van der Waals surface area contributed by atoms with Crippen molar-refractivity contribution >= 4 is 24.0 Å². The number of amides is 1. The highest BCUT2D eigenvalue weighted by Crippen LogP contribution is 2.17. The molecule has 118 valence electrons. The Bertz CT molecular complexity index is 479. The third-order valence-electron chi connectivity index (χ3n) is 3.96. The zero-order valence-corrected chi connectivity index (χ0v) is 13.7. The molecule has 1 aliphatic rings. The van der Waals surface area contributed by atoms with Gasteiger partial charge < -0.3 is 11.1 Å². The Morgan fingerprint density at radius 1 is 1.43 bits per heavy atom. The van der Waals surface area contributed by atoms with Gasteiger partial charge in [-0.2, -0.15) is 0 Å². The number of piperidine rings is 1. The highest BCUT2D eigenvalue weighted by atomic mass is 35.5. The first-order valence-electron chi connectivity index (χ1n) is 7.38. The summed E-state index contributed by atoms with van der Waals surface area (Å²) in [5, 5.41) is 3.01. The molecule has 0 saturated carbocycles. The van der Waals surface area contributed by atoms with Gasteiger partial charge >= 0.3 is 0 Å². The Labute approximate surface area is 133 Å². The van der Waals surface area contributed by atoms with E-state index in [-0.39, 0.29) is 18.3 Å². The lowest BCUT2D eigenvalue weighted by molar-refractivity contribution is -0.117. The van der Waals surface area contributed by atoms with Gasteiger partial charge in [-0.15, -0.1) is 12.4 Å². The summed E-state index contributed by atoms with van der Waals surface area (Å²) < 4.78 is 0. The molecule has 4 nitrogen and oxygen atoms in total. The molecule has 21 heavy (non-hydrogen) atoms. The molecule has 1 fully saturated rings. The second-order valence-corrected chi connectivity index (χ2v) is 5.85. The molecule has 1 aliphatic heterocycles. The van der Waals surface area contributed by atoms with Gasteiger partial charge in [0.25, 0.3) is 0 Å². The lowest BCUT2D eigenvalue weighted by atomic mass is 9.98. The van der Waals surface area contributed by atoms with E-state index in [9.17, 15) is 4.79 Å². The number of hydrogen-bond donors (Lipinski definition) is 2. The summed E-state index contributed by atoms with van der Waals surface area (Å²) in [4.78, 5) is 14.3. The van der Waals surface area contributed by atoms with E-state index in [0.29, 0.717) is 12.5 Å². The standard InChI is InChI=1S/C16H25N3O.ClH/c1-12-5-6-15(13(2)8-12)18-16(20)11-19-7-3-4-14(9-17)10-19;/h5-6,8,14H,3-4,7,9-11,17H2,1-2H3,(H,18,20);1H. The predicted octanol–water partition coefficient (Wildman–Crippen LogP) is 2.33. The zero-order chi connectivity index (χ0) is 14.5. The van der Waals surface area contributed by atoms with Gasteiger partial charge in [-0.05, 0) is 57.3 Å². The minimum atomic E-state index is 0. The second kappa shape index (κ2) is 8.37. The molecule has 1 unspecified atom stereocenters. The summed E-state index contributed by atoms with van der Waals surface area (Å²) in [7, 11) is 0. The number of halogens is 1. The molecular weight excluding hydrogens is 286 g/mol. The van der Waals surface area contributed by atoms with Crippen molar-refractivity contribution in [2.24, 2.45) is 11.7 Å². The van der Waals surface area contributed by atoms with Crippen LogP contribution in [-0.4, -0.2) is 37.0 Å². The van der Waals surface area contributed by atoms with Crippen LogP contribution in [0.3, 0.4) is 0 Å². The summed E-state index contributed by atoms with van der Waals surface area (Å²) in [6.07, 6.45) is 2.32. The summed E-state index contributed by atoms with van der Waals surface area (Å²) in [6, 6.07) is 6.08. The largest absolute Gasteiger partial charge is 0.330 e. The molecule has 1 aromatic carbocycles. The SMILES string of the molecule is Cc1ccc(NC(=O)CN2CCCC(CN)C2)c(C)c1.Cl. The number of benzene rings is 1. The van der Waals surface area contributed by atoms with Crippen LogP contribution in [-0.2, 0) is 4.79 Å². The normalized spacial score (nSPS) is 18.9. The molecular formula is C16H26ClN3O. The van der Waals surface area contributed by atoms with Crippen molar-refractivity contribution in [3.05, 3.63) is 29.3 Å². The van der Waals surface area contributed by atoms with Gasteiger partial charge in [0.2, 0.25) is 5.91 Å². The van der Waals surface area contributed by atoms with Crippen molar-refractivity contribution in [1.29, 1.82) is 0 Å². The van der Waals surface area contributed by atoms with Crippen molar-refractivity contribution in [3.63, 3.8) is 0 Å². The molecule has 0 bridgehead atoms. The summed E-state index contributed by atoms with van der Waals surface area (Å²) in [5.74, 6) is 0.604. The number of nitrogens with zero attached hydrogens (tertiary/aromatic N) is 1. The first-order chi connectivity index (χ1) is 9.58. The molecule has 1 aromatic rings. The molecule has 0 spiro atoms. The number of nitrogens with one attached hydrogen (secondary N) is 1. The number of hydrogen-bond acceptors (Lipinski definition) is 3. The maximum absolute atomic E-state index is 12.1. The molecule has 1 atom stereocenters. The fourth-order valence-electron chi connectivity index (χ4n) is 2.83. The average Bonchev–Trinajstić information content (AvgIpc) is 2.42. The van der Waals surface area contributed by atoms with E-state index in [4.69, 9.17) is 5.73 Å². The van der Waals surface area contributed by atoms with Crippen molar-refractivity contribution in [2.75, 3.05) is 31.5 Å². The van der Waals surface area contributed by atoms with Gasteiger partial charge in [0, 0.05) is 12.2 Å². The number of nitrogens with two attached hydrogens (primary N) is 1. The van der Waals surface area contributed by atoms with Crippen molar-refractivity contribution in [2.45, 2.75) is 26.7 Å². The number of rotatable bonds is 4. The highest BCUT2D eigenvalue weighted by Gasteiger charge is 2.20. The first-order valence-corrected chi connectivity index (χ1v) is 7.38. The maximum Gasteiger partial charge on any atom is 0.238 e. The lowest BCUT2D eigenvalue weighted by Gasteiger charge is -2.31. The van der Waals surface area contributed by atoms with Gasteiger partial charge in [0.15, 0.2) is 0 Å². The van der Waals surface area contributed by atoms with E-state index in [0.717, 1.165) is 37.3 Å². The van der Waals surface area contributed by atoms with Gasteiger partial charge in [-0.25, -0.2) is 0 Å². The van der Waals surface area contributed by atoms with Crippen LogP contribution < -0.4 is 11.1 Å². The van der Waals surface area contributed by atoms with Crippen LogP contribution in [0.4, 0.5) is 5.69 Å². The Morgan fingerprint density at radius 2 is 2.19 bits per heavy atom. The minimum Gasteiger partial charge on any atom is -0.330 e. The van der Waals surface area contributed by atoms with Crippen LogP contribution in [0.1, 0.15) is 24.0 Å². The number of anilines is 1. The molecule has 1 saturated heterocycles. The Morgan fingerprint density at radius 3 is 2.86 bits per heavy atom. The average molecular weight is 312 g/mol. The predicted molar refractivity (Wildman–Crippen MR) is 90.0 cm³/mol. The molecule has 2 rings (SSSR count). The van der Waals surface area contributed by atoms with Crippen LogP contribution >= 0.6 is 12.4 Å². The van der Waals surface area contributed by atoms with E-state index in [1.54, 1.807) is 0 Å². The van der Waals surface area contributed by atoms with E-state index >= 15 is 0 Å². The fraction of sp³-hybridized carbons (Fsp3) is 0.562. The zero-order valence-electron chi connectivity index (χ0n) is 12.9. The maximum atomic E-state index is 12.1. The Balaban J connectivity index is 0.00000220. The lowest BCUT2D eigenvalue weighted by Crippen LogP contribution is -2.42. The monoisotopic (exact) mass is 311 g/mol. The molecule has 1 amide bonds. The van der Waals surface area contributed by atoms with Crippen molar-refractivity contribution in [1.82, 2.24) is 4.90 Å².